The minimum absolute atomic E-state index is 1.28. The first kappa shape index (κ1) is 14.8. The van der Waals surface area contributed by atoms with Gasteiger partial charge in [0, 0.05) is 18.4 Å². The number of benzene rings is 1. The zero-order chi connectivity index (χ0) is 12.7. The third kappa shape index (κ3) is 3.73. The first-order valence-corrected chi connectivity index (χ1v) is 5.97. The number of nitrogens with zero attached hydrogens (tertiary/aromatic N) is 1. The summed E-state index contributed by atoms with van der Waals surface area (Å²) in [6.45, 7) is 12.6. The Hall–Kier alpha value is -1.24. The summed E-state index contributed by atoms with van der Waals surface area (Å²) in [6, 6.07) is 8.45. The van der Waals surface area contributed by atoms with E-state index in [1.807, 2.05) is 13.8 Å². The molecule has 0 heterocycles. The summed E-state index contributed by atoms with van der Waals surface area (Å²) < 4.78 is 0. The van der Waals surface area contributed by atoms with Crippen LogP contribution in [0, 0.1) is 6.92 Å². The van der Waals surface area contributed by atoms with E-state index < -0.39 is 0 Å². The van der Waals surface area contributed by atoms with Gasteiger partial charge in [-0.1, -0.05) is 37.6 Å². The van der Waals surface area contributed by atoms with Crippen molar-refractivity contribution in [2.24, 2.45) is 0 Å². The lowest BCUT2D eigenvalue weighted by Crippen LogP contribution is -2.16. The van der Waals surface area contributed by atoms with Gasteiger partial charge in [0.2, 0.25) is 0 Å². The first-order chi connectivity index (χ1) is 7.54. The molecule has 16 heavy (non-hydrogen) atoms. The molecule has 0 spiro atoms. The molecule has 0 bridgehead atoms. The highest BCUT2D eigenvalue weighted by atomic mass is 15.1. The smallest absolute Gasteiger partial charge is 0.0435 e. The van der Waals surface area contributed by atoms with E-state index in [0.717, 1.165) is 0 Å². The van der Waals surface area contributed by atoms with Crippen molar-refractivity contribution in [1.29, 1.82) is 0 Å². The Bertz CT molecular complexity index is 346. The van der Waals surface area contributed by atoms with Crippen molar-refractivity contribution in [3.05, 3.63) is 41.1 Å². The van der Waals surface area contributed by atoms with Crippen LogP contribution < -0.4 is 4.90 Å². The first-order valence-electron chi connectivity index (χ1n) is 5.97. The average molecular weight is 219 g/mol. The Morgan fingerprint density at radius 3 is 1.94 bits per heavy atom. The highest BCUT2D eigenvalue weighted by Crippen LogP contribution is 2.22. The fraction of sp³-hybridized carbons (Fsp3) is 0.467. The molecular formula is C15H25N. The van der Waals surface area contributed by atoms with Crippen molar-refractivity contribution in [2.45, 2.75) is 41.5 Å². The largest absolute Gasteiger partial charge is 0.348 e. The maximum atomic E-state index is 2.24. The molecule has 0 fully saturated rings. The number of hydrogen-bond acceptors (Lipinski definition) is 1. The van der Waals surface area contributed by atoms with E-state index >= 15 is 0 Å². The second-order valence-corrected chi connectivity index (χ2v) is 3.93. The van der Waals surface area contributed by atoms with Gasteiger partial charge in [-0.25, -0.2) is 0 Å². The van der Waals surface area contributed by atoms with Crippen LogP contribution in [0.15, 0.2) is 35.5 Å². The number of para-hydroxylation sites is 1. The van der Waals surface area contributed by atoms with E-state index in [1.165, 1.54) is 22.5 Å². The molecule has 0 unspecified atom stereocenters. The van der Waals surface area contributed by atoms with Crippen LogP contribution in [0.1, 0.15) is 40.2 Å². The van der Waals surface area contributed by atoms with Gasteiger partial charge in [0.05, 0.1) is 0 Å². The van der Waals surface area contributed by atoms with E-state index in [0.29, 0.717) is 0 Å². The van der Waals surface area contributed by atoms with Crippen LogP contribution in [0.3, 0.4) is 0 Å². The van der Waals surface area contributed by atoms with E-state index in [9.17, 15) is 0 Å². The van der Waals surface area contributed by atoms with Crippen molar-refractivity contribution >= 4 is 5.69 Å². The molecule has 0 atom stereocenters. The Labute approximate surface area is 101 Å². The molecule has 1 nitrogen and oxygen atoms in total. The van der Waals surface area contributed by atoms with Gasteiger partial charge in [-0.05, 0) is 39.3 Å². The maximum Gasteiger partial charge on any atom is 0.0435 e. The summed E-state index contributed by atoms with van der Waals surface area (Å²) in [5.41, 5.74) is 5.27. The Balaban J connectivity index is 0.00000106. The zero-order valence-corrected chi connectivity index (χ0v) is 11.8. The third-order valence-electron chi connectivity index (χ3n) is 2.70. The zero-order valence-electron chi connectivity index (χ0n) is 11.8. The fourth-order valence-corrected chi connectivity index (χ4v) is 1.46. The molecule has 1 aromatic rings. The van der Waals surface area contributed by atoms with E-state index in [1.54, 1.807) is 0 Å². The molecule has 0 aliphatic heterocycles. The number of anilines is 1. The van der Waals surface area contributed by atoms with Crippen LogP contribution in [-0.2, 0) is 0 Å². The molecular weight excluding hydrogens is 194 g/mol. The second kappa shape index (κ2) is 7.10. The number of hydrogen-bond donors (Lipinski definition) is 0. The molecule has 0 aliphatic carbocycles. The molecule has 90 valence electrons. The van der Waals surface area contributed by atoms with Gasteiger partial charge < -0.3 is 4.90 Å². The summed E-state index contributed by atoms with van der Waals surface area (Å²) in [5, 5.41) is 0. The molecule has 1 heteroatoms. The van der Waals surface area contributed by atoms with Gasteiger partial charge in [0.1, 0.15) is 0 Å². The van der Waals surface area contributed by atoms with Crippen molar-refractivity contribution in [2.75, 3.05) is 11.9 Å². The highest BCUT2D eigenvalue weighted by molar-refractivity contribution is 5.56. The molecule has 0 aliphatic rings. The monoisotopic (exact) mass is 219 g/mol. The number of aryl methyl sites for hydroxylation is 1. The predicted octanol–water partition coefficient (Wildman–Crippen LogP) is 4.77. The van der Waals surface area contributed by atoms with E-state index in [2.05, 4.69) is 63.9 Å². The summed E-state index contributed by atoms with van der Waals surface area (Å²) in [7, 11) is 2.12. The Morgan fingerprint density at radius 1 is 1.00 bits per heavy atom. The molecule has 0 saturated carbocycles. The molecule has 1 aromatic carbocycles. The lowest BCUT2D eigenvalue weighted by molar-refractivity contribution is 1.04. The van der Waals surface area contributed by atoms with E-state index in [4.69, 9.17) is 0 Å². The van der Waals surface area contributed by atoms with Gasteiger partial charge in [0.25, 0.3) is 0 Å². The lowest BCUT2D eigenvalue weighted by atomic mass is 10.1. The van der Waals surface area contributed by atoms with Gasteiger partial charge in [-0.15, -0.1) is 0 Å². The van der Waals surface area contributed by atoms with Crippen molar-refractivity contribution in [3.8, 4) is 0 Å². The quantitative estimate of drug-likeness (QED) is 0.692. The number of rotatable bonds is 2. The standard InChI is InChI=1S/C13H19N.C2H6/c1-10(2)12(4)14(5)13-9-7-6-8-11(13)3;1-2/h6-9H,1-5H3;1-2H3. The minimum Gasteiger partial charge on any atom is -0.348 e. The van der Waals surface area contributed by atoms with Crippen LogP contribution in [0.2, 0.25) is 0 Å². The molecule has 0 N–H and O–H groups in total. The second-order valence-electron chi connectivity index (χ2n) is 3.93. The topological polar surface area (TPSA) is 3.24 Å². The Morgan fingerprint density at radius 2 is 1.50 bits per heavy atom. The van der Waals surface area contributed by atoms with Crippen LogP contribution >= 0.6 is 0 Å². The predicted molar refractivity (Wildman–Crippen MR) is 75.0 cm³/mol. The Kier molecular flexibility index (Phi) is 6.55. The summed E-state index contributed by atoms with van der Waals surface area (Å²) in [5.74, 6) is 0. The summed E-state index contributed by atoms with van der Waals surface area (Å²) in [4.78, 5) is 2.24. The van der Waals surface area contributed by atoms with Gasteiger partial charge in [-0.2, -0.15) is 0 Å². The van der Waals surface area contributed by atoms with Gasteiger partial charge >= 0.3 is 0 Å². The molecule has 1 rings (SSSR count). The lowest BCUT2D eigenvalue weighted by Gasteiger charge is -2.23. The average Bonchev–Trinajstić information content (AvgIpc) is 2.30. The van der Waals surface area contributed by atoms with Gasteiger partial charge in [-0.3, -0.25) is 0 Å². The van der Waals surface area contributed by atoms with Crippen LogP contribution in [0.5, 0.6) is 0 Å². The van der Waals surface area contributed by atoms with Crippen molar-refractivity contribution < 1.29 is 0 Å². The highest BCUT2D eigenvalue weighted by Gasteiger charge is 2.05. The minimum atomic E-state index is 1.28. The SMILES string of the molecule is CC.CC(C)=C(C)N(C)c1ccccc1C. The summed E-state index contributed by atoms with van der Waals surface area (Å²) >= 11 is 0. The summed E-state index contributed by atoms with van der Waals surface area (Å²) in [6.07, 6.45) is 0. The fourth-order valence-electron chi connectivity index (χ4n) is 1.46. The normalized spacial score (nSPS) is 8.94. The molecule has 0 amide bonds. The van der Waals surface area contributed by atoms with Crippen LogP contribution in [0.25, 0.3) is 0 Å². The molecule has 0 aromatic heterocycles. The van der Waals surface area contributed by atoms with Crippen molar-refractivity contribution in [3.63, 3.8) is 0 Å². The number of allylic oxidation sites excluding steroid dienone is 2. The van der Waals surface area contributed by atoms with E-state index in [-0.39, 0.29) is 0 Å². The third-order valence-corrected chi connectivity index (χ3v) is 2.70. The van der Waals surface area contributed by atoms with Gasteiger partial charge in [0.15, 0.2) is 0 Å². The molecule has 0 radical (unpaired) electrons. The molecule has 0 saturated heterocycles. The maximum absolute atomic E-state index is 2.24. The van der Waals surface area contributed by atoms with Crippen LogP contribution in [0.4, 0.5) is 5.69 Å². The van der Waals surface area contributed by atoms with Crippen LogP contribution in [-0.4, -0.2) is 7.05 Å². The van der Waals surface area contributed by atoms with Crippen molar-refractivity contribution in [1.82, 2.24) is 0 Å².